The number of hydrogen-bond acceptors (Lipinski definition) is 5. The number of carbonyl (C=O) groups is 1. The van der Waals surface area contributed by atoms with Gasteiger partial charge in [-0.2, -0.15) is 5.10 Å². The minimum atomic E-state index is -3.86. The number of aromatic nitrogens is 1. The van der Waals surface area contributed by atoms with Crippen LogP contribution in [0.5, 0.6) is 5.75 Å². The van der Waals surface area contributed by atoms with Gasteiger partial charge in [-0.1, -0.05) is 36.4 Å². The van der Waals surface area contributed by atoms with Crippen LogP contribution in [0.3, 0.4) is 0 Å². The minimum absolute atomic E-state index is 0.137. The smallest absolute Gasteiger partial charge is 0.271 e. The van der Waals surface area contributed by atoms with E-state index >= 15 is 0 Å². The number of benzene rings is 3. The van der Waals surface area contributed by atoms with Crippen molar-refractivity contribution in [1.29, 1.82) is 0 Å². The molecule has 0 aliphatic carbocycles. The van der Waals surface area contributed by atoms with E-state index in [9.17, 15) is 13.2 Å². The van der Waals surface area contributed by atoms with E-state index in [-0.39, 0.29) is 10.8 Å². The molecular formula is C24H21N3O4S. The molecule has 7 nitrogen and oxygen atoms in total. The Hall–Kier alpha value is -3.91. The molecule has 0 aliphatic heterocycles. The number of para-hydroxylation sites is 1. The largest absolute Gasteiger partial charge is 0.497 e. The fourth-order valence-electron chi connectivity index (χ4n) is 3.35. The predicted octanol–water partition coefficient (Wildman–Crippen LogP) is 4.04. The number of nitrogens with zero attached hydrogens (tertiary/aromatic N) is 2. The first-order valence-corrected chi connectivity index (χ1v) is 11.3. The van der Waals surface area contributed by atoms with Crippen LogP contribution in [0.4, 0.5) is 0 Å². The predicted molar refractivity (Wildman–Crippen MR) is 124 cm³/mol. The standard InChI is InChI=1S/C24H21N3O4S/c1-17(25-26-24(28)18-8-4-3-5-9-18)22-16-27(23-11-7-6-10-21(22)23)32(29,30)20-14-12-19(31-2)13-15-20/h3-16H,1-2H3,(H,26,28)/b25-17+. The van der Waals surface area contributed by atoms with Gasteiger partial charge in [-0.15, -0.1) is 0 Å². The van der Waals surface area contributed by atoms with Gasteiger partial charge >= 0.3 is 0 Å². The number of methoxy groups -OCH3 is 1. The van der Waals surface area contributed by atoms with Crippen LogP contribution in [0.2, 0.25) is 0 Å². The summed E-state index contributed by atoms with van der Waals surface area (Å²) >= 11 is 0. The molecule has 0 atom stereocenters. The highest BCUT2D eigenvalue weighted by atomic mass is 32.2. The maximum absolute atomic E-state index is 13.3. The van der Waals surface area contributed by atoms with Crippen LogP contribution in [0.25, 0.3) is 10.9 Å². The third-order valence-electron chi connectivity index (χ3n) is 5.05. The van der Waals surface area contributed by atoms with Crippen molar-refractivity contribution < 1.29 is 17.9 Å². The average molecular weight is 448 g/mol. The van der Waals surface area contributed by atoms with Gasteiger partial charge in [0, 0.05) is 22.7 Å². The van der Waals surface area contributed by atoms with Crippen molar-refractivity contribution in [2.75, 3.05) is 7.11 Å². The molecule has 3 aromatic carbocycles. The number of nitrogens with one attached hydrogen (secondary N) is 1. The van der Waals surface area contributed by atoms with Gasteiger partial charge in [0.2, 0.25) is 0 Å². The Balaban J connectivity index is 1.73. The van der Waals surface area contributed by atoms with Crippen molar-refractivity contribution >= 4 is 32.5 Å². The molecule has 162 valence electrons. The topological polar surface area (TPSA) is 89.8 Å². The maximum Gasteiger partial charge on any atom is 0.271 e. The maximum atomic E-state index is 13.3. The number of amides is 1. The van der Waals surface area contributed by atoms with E-state index in [0.717, 1.165) is 0 Å². The second-order valence-corrected chi connectivity index (χ2v) is 8.86. The zero-order chi connectivity index (χ0) is 22.7. The highest BCUT2D eigenvalue weighted by molar-refractivity contribution is 7.90. The molecular weight excluding hydrogens is 426 g/mol. The molecule has 0 unspecified atom stereocenters. The van der Waals surface area contributed by atoms with Crippen LogP contribution in [-0.2, 0) is 10.0 Å². The summed E-state index contributed by atoms with van der Waals surface area (Å²) in [6.07, 6.45) is 1.53. The molecule has 0 saturated carbocycles. The lowest BCUT2D eigenvalue weighted by molar-refractivity contribution is 0.0955. The molecule has 0 saturated heterocycles. The van der Waals surface area contributed by atoms with Crippen molar-refractivity contribution in [2.24, 2.45) is 5.10 Å². The van der Waals surface area contributed by atoms with Crippen molar-refractivity contribution in [3.63, 3.8) is 0 Å². The summed E-state index contributed by atoms with van der Waals surface area (Å²) in [4.78, 5) is 12.5. The molecule has 1 aromatic heterocycles. The molecule has 0 spiro atoms. The summed E-state index contributed by atoms with van der Waals surface area (Å²) < 4.78 is 33.0. The van der Waals surface area contributed by atoms with Gasteiger partial charge in [-0.25, -0.2) is 17.8 Å². The van der Waals surface area contributed by atoms with Crippen molar-refractivity contribution in [1.82, 2.24) is 9.40 Å². The van der Waals surface area contributed by atoms with Crippen LogP contribution in [-0.4, -0.2) is 31.1 Å². The van der Waals surface area contributed by atoms with E-state index in [2.05, 4.69) is 10.5 Å². The first-order chi connectivity index (χ1) is 15.4. The van der Waals surface area contributed by atoms with Gasteiger partial charge < -0.3 is 4.74 Å². The van der Waals surface area contributed by atoms with Crippen molar-refractivity contribution in [3.8, 4) is 5.75 Å². The van der Waals surface area contributed by atoms with E-state index < -0.39 is 10.0 Å². The molecule has 0 radical (unpaired) electrons. The highest BCUT2D eigenvalue weighted by Crippen LogP contribution is 2.27. The monoisotopic (exact) mass is 447 g/mol. The van der Waals surface area contributed by atoms with E-state index in [1.807, 2.05) is 18.2 Å². The summed E-state index contributed by atoms with van der Waals surface area (Å²) in [6, 6.07) is 22.1. The van der Waals surface area contributed by atoms with E-state index in [1.165, 1.54) is 29.4 Å². The molecule has 0 aliphatic rings. The number of rotatable bonds is 6. The Kier molecular flexibility index (Phi) is 5.79. The lowest BCUT2D eigenvalue weighted by atomic mass is 10.1. The number of hydrogen-bond donors (Lipinski definition) is 1. The quantitative estimate of drug-likeness (QED) is 0.357. The molecule has 8 heteroatoms. The van der Waals surface area contributed by atoms with Crippen LogP contribution in [0.1, 0.15) is 22.8 Å². The highest BCUT2D eigenvalue weighted by Gasteiger charge is 2.22. The van der Waals surface area contributed by atoms with E-state index in [4.69, 9.17) is 4.74 Å². The van der Waals surface area contributed by atoms with Crippen molar-refractivity contribution in [2.45, 2.75) is 11.8 Å². The van der Waals surface area contributed by atoms with Crippen LogP contribution in [0.15, 0.2) is 95.1 Å². The summed E-state index contributed by atoms with van der Waals surface area (Å²) in [5.41, 5.74) is 4.61. The molecule has 32 heavy (non-hydrogen) atoms. The fraction of sp³-hybridized carbons (Fsp3) is 0.0833. The minimum Gasteiger partial charge on any atom is -0.497 e. The average Bonchev–Trinajstić information content (AvgIpc) is 3.23. The normalized spacial score (nSPS) is 12.0. The fourth-order valence-corrected chi connectivity index (χ4v) is 4.72. The Morgan fingerprint density at radius 1 is 0.938 bits per heavy atom. The van der Waals surface area contributed by atoms with Crippen LogP contribution < -0.4 is 10.2 Å². The molecule has 1 N–H and O–H groups in total. The van der Waals surface area contributed by atoms with Gasteiger partial charge in [0.05, 0.1) is 23.2 Å². The number of hydrazone groups is 1. The first-order valence-electron chi connectivity index (χ1n) is 9.81. The zero-order valence-electron chi connectivity index (χ0n) is 17.5. The van der Waals surface area contributed by atoms with Crippen LogP contribution >= 0.6 is 0 Å². The molecule has 1 heterocycles. The van der Waals surface area contributed by atoms with Gasteiger partial charge in [0.15, 0.2) is 0 Å². The van der Waals surface area contributed by atoms with Gasteiger partial charge in [0.1, 0.15) is 5.75 Å². The van der Waals surface area contributed by atoms with Gasteiger partial charge in [-0.3, -0.25) is 4.79 Å². The Bertz CT molecular complexity index is 1410. The molecule has 0 bridgehead atoms. The van der Waals surface area contributed by atoms with Gasteiger partial charge in [0.25, 0.3) is 15.9 Å². The molecule has 0 fully saturated rings. The second-order valence-electron chi connectivity index (χ2n) is 7.04. The third-order valence-corrected chi connectivity index (χ3v) is 6.73. The second kappa shape index (κ2) is 8.68. The number of fused-ring (bicyclic) bond motifs is 1. The molecule has 4 aromatic rings. The zero-order valence-corrected chi connectivity index (χ0v) is 18.3. The SMILES string of the molecule is COc1ccc(S(=O)(=O)n2cc(/C(C)=N/NC(=O)c3ccccc3)c3ccccc32)cc1. The lowest BCUT2D eigenvalue weighted by Gasteiger charge is -2.08. The third kappa shape index (κ3) is 4.00. The first kappa shape index (κ1) is 21.3. The summed E-state index contributed by atoms with van der Waals surface area (Å²) in [6.45, 7) is 1.72. The Morgan fingerprint density at radius 3 is 2.28 bits per heavy atom. The lowest BCUT2D eigenvalue weighted by Crippen LogP contribution is -2.19. The summed E-state index contributed by atoms with van der Waals surface area (Å²) in [5, 5.41) is 4.91. The molecule has 1 amide bonds. The van der Waals surface area contributed by atoms with Gasteiger partial charge in [-0.05, 0) is 49.4 Å². The van der Waals surface area contributed by atoms with E-state index in [0.29, 0.717) is 33.5 Å². The molecule has 4 rings (SSSR count). The summed E-state index contributed by atoms with van der Waals surface area (Å²) in [5.74, 6) is 0.221. The summed E-state index contributed by atoms with van der Waals surface area (Å²) in [7, 11) is -2.34. The number of ether oxygens (including phenoxy) is 1. The Labute approximate surface area is 186 Å². The van der Waals surface area contributed by atoms with Crippen LogP contribution in [0, 0.1) is 0 Å². The Morgan fingerprint density at radius 2 is 1.59 bits per heavy atom. The number of carbonyl (C=O) groups excluding carboxylic acids is 1. The van der Waals surface area contributed by atoms with Crippen molar-refractivity contribution in [3.05, 3.63) is 96.2 Å². The van der Waals surface area contributed by atoms with E-state index in [1.54, 1.807) is 55.5 Å².